The van der Waals surface area contributed by atoms with Gasteiger partial charge < -0.3 is 16.0 Å². The number of benzene rings is 1. The van der Waals surface area contributed by atoms with Gasteiger partial charge in [0.05, 0.1) is 33.9 Å². The summed E-state index contributed by atoms with van der Waals surface area (Å²) in [4.78, 5) is 6.94. The molecular weight excluding hydrogens is 300 g/mol. The Morgan fingerprint density at radius 1 is 1.38 bits per heavy atom. The van der Waals surface area contributed by atoms with Gasteiger partial charge in [0.15, 0.2) is 5.75 Å². The largest absolute Gasteiger partial charge is 0.378 e. The molecule has 2 saturated heterocycles. The molecular formula is C15H21N4S2+. The van der Waals surface area contributed by atoms with Crippen molar-refractivity contribution in [3.05, 3.63) is 41.1 Å². The first-order chi connectivity index (χ1) is 10.2. The van der Waals surface area contributed by atoms with Crippen molar-refractivity contribution in [1.29, 1.82) is 0 Å². The number of aliphatic imine (C=N–C) groups is 1. The standard InChI is InChI=1S/C15H21N4S2/c1-19-8-9-20-14(19)13-11-21(10-7-17-13)15(16)18-12-5-3-2-4-6-12/h2-6,17H,7-11H2,1H3,(H2,16,18)/q+1. The van der Waals surface area contributed by atoms with Crippen LogP contribution in [0.25, 0.3) is 0 Å². The van der Waals surface area contributed by atoms with E-state index in [9.17, 15) is 0 Å². The van der Waals surface area contributed by atoms with Crippen LogP contribution in [0.4, 0.5) is 5.69 Å². The van der Waals surface area contributed by atoms with Crippen molar-refractivity contribution >= 4 is 33.5 Å². The number of nitrogens with one attached hydrogen (secondary N) is 1. The Hall–Kier alpha value is -1.27. The average Bonchev–Trinajstić information content (AvgIpc) is 2.94. The Labute approximate surface area is 133 Å². The molecule has 0 amide bonds. The Kier molecular flexibility index (Phi) is 4.65. The SMILES string of the molecule is CN1CCSC1=C1C[S+](C(N)=Nc2ccccc2)CCN1. The van der Waals surface area contributed by atoms with Gasteiger partial charge in [-0.15, -0.1) is 11.8 Å². The zero-order valence-corrected chi connectivity index (χ0v) is 13.8. The molecule has 2 heterocycles. The van der Waals surface area contributed by atoms with Crippen LogP contribution >= 0.6 is 11.8 Å². The molecule has 3 N–H and O–H groups in total. The highest BCUT2D eigenvalue weighted by molar-refractivity contribution is 8.11. The van der Waals surface area contributed by atoms with Gasteiger partial charge in [-0.2, -0.15) is 4.99 Å². The first-order valence-corrected chi connectivity index (χ1v) is 9.66. The van der Waals surface area contributed by atoms with Crippen molar-refractivity contribution in [3.63, 3.8) is 0 Å². The molecule has 0 aromatic heterocycles. The van der Waals surface area contributed by atoms with E-state index in [-0.39, 0.29) is 10.9 Å². The van der Waals surface area contributed by atoms with Gasteiger partial charge in [-0.05, 0) is 12.1 Å². The molecule has 4 nitrogen and oxygen atoms in total. The maximum absolute atomic E-state index is 6.27. The maximum atomic E-state index is 6.27. The number of rotatable bonds is 1. The number of hydrogen-bond donors (Lipinski definition) is 2. The molecule has 1 atom stereocenters. The van der Waals surface area contributed by atoms with Crippen LogP contribution < -0.4 is 11.1 Å². The number of nitrogens with two attached hydrogens (primary N) is 1. The molecule has 112 valence electrons. The Morgan fingerprint density at radius 3 is 2.90 bits per heavy atom. The third kappa shape index (κ3) is 3.49. The Morgan fingerprint density at radius 2 is 2.19 bits per heavy atom. The Bertz CT molecular complexity index is 556. The second-order valence-electron chi connectivity index (χ2n) is 5.11. The van der Waals surface area contributed by atoms with E-state index in [1.165, 1.54) is 16.5 Å². The van der Waals surface area contributed by atoms with E-state index in [1.807, 2.05) is 42.1 Å². The van der Waals surface area contributed by atoms with Crippen LogP contribution in [-0.4, -0.2) is 47.5 Å². The molecule has 0 radical (unpaired) electrons. The number of nitrogens with zero attached hydrogens (tertiary/aromatic N) is 2. The number of thioether (sulfide) groups is 1. The second-order valence-corrected chi connectivity index (χ2v) is 8.29. The van der Waals surface area contributed by atoms with Crippen molar-refractivity contribution in [2.75, 3.05) is 37.4 Å². The summed E-state index contributed by atoms with van der Waals surface area (Å²) in [5.41, 5.74) is 8.56. The van der Waals surface area contributed by atoms with Crippen molar-refractivity contribution < 1.29 is 0 Å². The molecule has 0 aliphatic carbocycles. The first kappa shape index (κ1) is 14.7. The molecule has 0 spiro atoms. The lowest BCUT2D eigenvalue weighted by Gasteiger charge is -2.22. The van der Waals surface area contributed by atoms with E-state index in [1.54, 1.807) is 0 Å². The minimum atomic E-state index is 0.0365. The van der Waals surface area contributed by atoms with Crippen LogP contribution in [0.2, 0.25) is 0 Å². The summed E-state index contributed by atoms with van der Waals surface area (Å²) in [5.74, 6) is 3.25. The van der Waals surface area contributed by atoms with E-state index in [0.29, 0.717) is 0 Å². The van der Waals surface area contributed by atoms with Crippen LogP contribution in [0.1, 0.15) is 0 Å². The molecule has 1 aromatic carbocycles. The molecule has 0 bridgehead atoms. The van der Waals surface area contributed by atoms with E-state index in [0.717, 1.165) is 35.5 Å². The molecule has 2 aliphatic heterocycles. The van der Waals surface area contributed by atoms with Crippen molar-refractivity contribution in [2.45, 2.75) is 0 Å². The van der Waals surface area contributed by atoms with Gasteiger partial charge in [0.1, 0.15) is 5.75 Å². The summed E-state index contributed by atoms with van der Waals surface area (Å²) in [7, 11) is 2.20. The summed E-state index contributed by atoms with van der Waals surface area (Å²) < 4.78 is 0. The second kappa shape index (κ2) is 6.66. The first-order valence-electron chi connectivity index (χ1n) is 7.12. The summed E-state index contributed by atoms with van der Waals surface area (Å²) in [6, 6.07) is 9.98. The molecule has 2 aliphatic rings. The van der Waals surface area contributed by atoms with Crippen LogP contribution in [0.15, 0.2) is 46.1 Å². The molecule has 2 fully saturated rings. The summed E-state index contributed by atoms with van der Waals surface area (Å²) in [6.45, 7) is 2.12. The minimum absolute atomic E-state index is 0.0365. The predicted octanol–water partition coefficient (Wildman–Crippen LogP) is 1.70. The molecule has 3 rings (SSSR count). The molecule has 1 aromatic rings. The highest BCUT2D eigenvalue weighted by Crippen LogP contribution is 2.30. The Balaban J connectivity index is 1.76. The summed E-state index contributed by atoms with van der Waals surface area (Å²) in [6.07, 6.45) is 0. The third-order valence-electron chi connectivity index (χ3n) is 3.57. The average molecular weight is 321 g/mol. The lowest BCUT2D eigenvalue weighted by atomic mass is 10.3. The van der Waals surface area contributed by atoms with Crippen LogP contribution in [0.5, 0.6) is 0 Å². The lowest BCUT2D eigenvalue weighted by Crippen LogP contribution is -2.42. The normalized spacial score (nSPS) is 26.8. The topological polar surface area (TPSA) is 53.6 Å². The number of para-hydroxylation sites is 1. The zero-order chi connectivity index (χ0) is 14.7. The van der Waals surface area contributed by atoms with E-state index in [4.69, 9.17) is 5.73 Å². The summed E-state index contributed by atoms with van der Waals surface area (Å²) >= 11 is 1.94. The smallest absolute Gasteiger partial charge is 0.317 e. The van der Waals surface area contributed by atoms with Crippen molar-refractivity contribution in [2.24, 2.45) is 10.7 Å². The molecule has 0 saturated carbocycles. The number of amidine groups is 1. The maximum Gasteiger partial charge on any atom is 0.317 e. The highest BCUT2D eigenvalue weighted by Gasteiger charge is 2.33. The van der Waals surface area contributed by atoms with Crippen molar-refractivity contribution in [1.82, 2.24) is 10.2 Å². The van der Waals surface area contributed by atoms with Crippen LogP contribution in [0, 0.1) is 0 Å². The van der Waals surface area contributed by atoms with Gasteiger partial charge in [-0.25, -0.2) is 0 Å². The highest BCUT2D eigenvalue weighted by atomic mass is 32.2. The monoisotopic (exact) mass is 321 g/mol. The van der Waals surface area contributed by atoms with E-state index < -0.39 is 0 Å². The van der Waals surface area contributed by atoms with Gasteiger partial charge in [0.2, 0.25) is 0 Å². The molecule has 6 heteroatoms. The van der Waals surface area contributed by atoms with Gasteiger partial charge in [0.25, 0.3) is 0 Å². The van der Waals surface area contributed by atoms with Gasteiger partial charge in [-0.3, -0.25) is 0 Å². The van der Waals surface area contributed by atoms with Crippen LogP contribution in [-0.2, 0) is 10.9 Å². The van der Waals surface area contributed by atoms with Crippen molar-refractivity contribution in [3.8, 4) is 0 Å². The lowest BCUT2D eigenvalue weighted by molar-refractivity contribution is 0.483. The summed E-state index contributed by atoms with van der Waals surface area (Å²) in [5, 5.41) is 5.73. The quantitative estimate of drug-likeness (QED) is 0.470. The minimum Gasteiger partial charge on any atom is -0.378 e. The molecule has 1 unspecified atom stereocenters. The zero-order valence-electron chi connectivity index (χ0n) is 12.2. The number of hydrogen-bond acceptors (Lipinski definition) is 4. The fraction of sp³-hybridized carbons (Fsp3) is 0.400. The molecule has 21 heavy (non-hydrogen) atoms. The van der Waals surface area contributed by atoms with Gasteiger partial charge >= 0.3 is 5.17 Å². The predicted molar refractivity (Wildman–Crippen MR) is 94.9 cm³/mol. The third-order valence-corrected chi connectivity index (χ3v) is 6.80. The van der Waals surface area contributed by atoms with E-state index >= 15 is 0 Å². The van der Waals surface area contributed by atoms with E-state index in [2.05, 4.69) is 22.3 Å². The van der Waals surface area contributed by atoms with Crippen LogP contribution in [0.3, 0.4) is 0 Å². The fourth-order valence-corrected chi connectivity index (χ4v) is 5.39. The van der Waals surface area contributed by atoms with Gasteiger partial charge in [0, 0.05) is 19.3 Å². The fourth-order valence-electron chi connectivity index (χ4n) is 2.44. The van der Waals surface area contributed by atoms with Gasteiger partial charge in [-0.1, -0.05) is 18.2 Å².